The lowest BCUT2D eigenvalue weighted by molar-refractivity contribution is -0.140. The van der Waals surface area contributed by atoms with Crippen molar-refractivity contribution in [2.75, 3.05) is 13.2 Å². The zero-order chi connectivity index (χ0) is 27.5. The fourth-order valence-electron chi connectivity index (χ4n) is 5.44. The highest BCUT2D eigenvalue weighted by molar-refractivity contribution is 7.09. The van der Waals surface area contributed by atoms with Gasteiger partial charge >= 0.3 is 0 Å². The predicted octanol–water partition coefficient (Wildman–Crippen LogP) is 5.25. The Labute approximate surface area is 237 Å². The summed E-state index contributed by atoms with van der Waals surface area (Å²) in [4.78, 5) is 26.4. The molecule has 2 aliphatic heterocycles. The van der Waals surface area contributed by atoms with Gasteiger partial charge in [-0.3, -0.25) is 4.79 Å². The molecule has 6 rings (SSSR count). The number of aliphatic hydroxyl groups excluding tert-OH is 1. The topological polar surface area (TPSA) is 84.2 Å². The van der Waals surface area contributed by atoms with E-state index in [1.807, 2.05) is 83.9 Å². The minimum absolute atomic E-state index is 0.0674. The quantitative estimate of drug-likeness (QED) is 0.286. The molecule has 1 aromatic heterocycles. The fraction of sp³-hybridized carbons (Fsp3) is 0.281. The van der Waals surface area contributed by atoms with Crippen molar-refractivity contribution in [3.05, 3.63) is 117 Å². The largest absolute Gasteiger partial charge is 0.494 e. The Morgan fingerprint density at radius 2 is 1.85 bits per heavy atom. The highest BCUT2D eigenvalue weighted by atomic mass is 32.1. The van der Waals surface area contributed by atoms with Crippen LogP contribution in [0.3, 0.4) is 0 Å². The summed E-state index contributed by atoms with van der Waals surface area (Å²) in [6, 6.07) is 25.7. The van der Waals surface area contributed by atoms with Gasteiger partial charge in [0, 0.05) is 42.5 Å². The van der Waals surface area contributed by atoms with Crippen molar-refractivity contribution < 1.29 is 19.4 Å². The van der Waals surface area contributed by atoms with Crippen LogP contribution in [0.5, 0.6) is 5.75 Å². The second-order valence-corrected chi connectivity index (χ2v) is 11.2. The molecule has 2 atom stereocenters. The van der Waals surface area contributed by atoms with Crippen molar-refractivity contribution in [1.82, 2.24) is 9.88 Å². The Hall–Kier alpha value is -4.01. The first-order valence-corrected chi connectivity index (χ1v) is 14.4. The van der Waals surface area contributed by atoms with Crippen molar-refractivity contribution in [1.29, 1.82) is 0 Å². The van der Waals surface area contributed by atoms with Crippen LogP contribution >= 0.6 is 11.3 Å². The summed E-state index contributed by atoms with van der Waals surface area (Å²) >= 11 is 1.59. The number of amides is 1. The number of carbonyl (C=O) groups is 1. The molecule has 3 heterocycles. The van der Waals surface area contributed by atoms with Gasteiger partial charge in [0.1, 0.15) is 5.75 Å². The molecule has 7 nitrogen and oxygen atoms in total. The Morgan fingerprint density at radius 3 is 2.60 bits per heavy atom. The zero-order valence-electron chi connectivity index (χ0n) is 22.3. The molecule has 2 aliphatic rings. The maximum atomic E-state index is 14.7. The Bertz CT molecular complexity index is 1520. The summed E-state index contributed by atoms with van der Waals surface area (Å²) in [5, 5.41) is 12.0. The molecule has 8 heteroatoms. The smallest absolute Gasteiger partial charge is 0.255 e. The maximum Gasteiger partial charge on any atom is 0.255 e. The molecule has 0 unspecified atom stereocenters. The van der Waals surface area contributed by atoms with Crippen LogP contribution in [0.4, 0.5) is 0 Å². The molecule has 1 N–H and O–H groups in total. The van der Waals surface area contributed by atoms with E-state index < -0.39 is 11.6 Å². The minimum Gasteiger partial charge on any atom is -0.494 e. The van der Waals surface area contributed by atoms with E-state index in [0.29, 0.717) is 44.2 Å². The monoisotopic (exact) mass is 553 g/mol. The normalized spacial score (nSPS) is 19.9. The van der Waals surface area contributed by atoms with Gasteiger partial charge in [-0.25, -0.2) is 9.98 Å². The number of aromatic nitrogens is 1. The third-order valence-electron chi connectivity index (χ3n) is 7.33. The van der Waals surface area contributed by atoms with E-state index in [4.69, 9.17) is 19.6 Å². The summed E-state index contributed by atoms with van der Waals surface area (Å²) in [7, 11) is 0. The summed E-state index contributed by atoms with van der Waals surface area (Å²) in [5.41, 5.74) is 3.53. The van der Waals surface area contributed by atoms with E-state index in [9.17, 15) is 4.79 Å². The summed E-state index contributed by atoms with van der Waals surface area (Å²) in [6.07, 6.45) is 0.401. The number of hydrogen-bond acceptors (Lipinski definition) is 7. The summed E-state index contributed by atoms with van der Waals surface area (Å²) in [6.45, 7) is 3.38. The van der Waals surface area contributed by atoms with Gasteiger partial charge < -0.3 is 19.5 Å². The van der Waals surface area contributed by atoms with Gasteiger partial charge in [0.05, 0.1) is 23.9 Å². The van der Waals surface area contributed by atoms with Crippen LogP contribution in [-0.4, -0.2) is 45.5 Å². The van der Waals surface area contributed by atoms with Crippen molar-refractivity contribution in [3.8, 4) is 5.75 Å². The van der Waals surface area contributed by atoms with Crippen LogP contribution in [0.2, 0.25) is 0 Å². The van der Waals surface area contributed by atoms with Crippen LogP contribution in [0, 0.1) is 6.92 Å². The first kappa shape index (κ1) is 26.2. The maximum absolute atomic E-state index is 14.7. The molecule has 40 heavy (non-hydrogen) atoms. The predicted molar refractivity (Wildman–Crippen MR) is 154 cm³/mol. The van der Waals surface area contributed by atoms with Crippen LogP contribution in [0.25, 0.3) is 0 Å². The first-order chi connectivity index (χ1) is 19.6. The molecule has 204 valence electrons. The Balaban J connectivity index is 1.43. The third-order valence-corrected chi connectivity index (χ3v) is 8.15. The number of aryl methyl sites for hydroxylation is 1. The van der Waals surface area contributed by atoms with Crippen molar-refractivity contribution in [3.63, 3.8) is 0 Å². The zero-order valence-corrected chi connectivity index (χ0v) is 23.1. The Morgan fingerprint density at radius 1 is 1.07 bits per heavy atom. The van der Waals surface area contributed by atoms with Gasteiger partial charge in [-0.1, -0.05) is 54.6 Å². The summed E-state index contributed by atoms with van der Waals surface area (Å²) < 4.78 is 12.4. The number of nitrogens with zero attached hydrogens (tertiary/aromatic N) is 3. The molecule has 0 aliphatic carbocycles. The van der Waals surface area contributed by atoms with Gasteiger partial charge in [-0.2, -0.15) is 0 Å². The van der Waals surface area contributed by atoms with Crippen LogP contribution in [-0.2, 0) is 29.0 Å². The summed E-state index contributed by atoms with van der Waals surface area (Å²) in [5.74, 6) is 1.08. The lowest BCUT2D eigenvalue weighted by Crippen LogP contribution is -2.49. The van der Waals surface area contributed by atoms with E-state index >= 15 is 0 Å². The second-order valence-electron chi connectivity index (χ2n) is 10.2. The van der Waals surface area contributed by atoms with Gasteiger partial charge in [0.2, 0.25) is 5.90 Å². The van der Waals surface area contributed by atoms with Crippen molar-refractivity contribution >= 4 is 23.1 Å². The number of fused-ring (bicyclic) bond motifs is 3. The van der Waals surface area contributed by atoms with Crippen LogP contribution in [0.1, 0.15) is 45.5 Å². The molecule has 0 fully saturated rings. The number of thiazole rings is 1. The van der Waals surface area contributed by atoms with Gasteiger partial charge in [0.15, 0.2) is 11.6 Å². The first-order valence-electron chi connectivity index (χ1n) is 13.5. The molecule has 0 saturated carbocycles. The van der Waals surface area contributed by atoms with Crippen LogP contribution in [0.15, 0.2) is 89.2 Å². The standard InChI is InChI=1S/C32H31N3O4S/c1-22-33-26(21-40-22)20-35-19-25-10-5-6-11-28(25)29-32(31(35)37,18-23-8-3-2-4-9-23)34-30(39-29)24-12-14-27(15-13-24)38-17-7-16-36/h2-6,8-15,21,29,36H,7,16-20H2,1H3/t29-,32-/m1/s1. The van der Waals surface area contributed by atoms with E-state index in [0.717, 1.165) is 33.0 Å². The fourth-order valence-corrected chi connectivity index (χ4v) is 6.04. The molecule has 0 bridgehead atoms. The van der Waals surface area contributed by atoms with Gasteiger partial charge in [0.25, 0.3) is 5.91 Å². The number of benzene rings is 3. The second kappa shape index (κ2) is 11.2. The van der Waals surface area contributed by atoms with E-state index in [2.05, 4.69) is 17.1 Å². The molecule has 0 spiro atoms. The van der Waals surface area contributed by atoms with Gasteiger partial charge in [-0.15, -0.1) is 11.3 Å². The highest BCUT2D eigenvalue weighted by Gasteiger charge is 2.56. The molecule has 0 radical (unpaired) electrons. The molecular weight excluding hydrogens is 522 g/mol. The number of hydrogen-bond donors (Lipinski definition) is 1. The molecule has 0 saturated heterocycles. The molecule has 4 aromatic rings. The van der Waals surface area contributed by atoms with E-state index in [1.54, 1.807) is 11.3 Å². The van der Waals surface area contributed by atoms with E-state index in [1.165, 1.54) is 0 Å². The third kappa shape index (κ3) is 5.12. The average molecular weight is 554 g/mol. The SMILES string of the molecule is Cc1nc(CN2Cc3ccccc3[C@H]3OC(c4ccc(OCCCO)cc4)=N[C@@]3(Cc3ccccc3)C2=O)cs1. The molecule has 1 amide bonds. The lowest BCUT2D eigenvalue weighted by Gasteiger charge is -2.32. The number of carbonyl (C=O) groups excluding carboxylic acids is 1. The van der Waals surface area contributed by atoms with Crippen molar-refractivity contribution in [2.45, 2.75) is 44.5 Å². The molecule has 3 aromatic carbocycles. The number of aliphatic imine (C=N–C) groups is 1. The molecular formula is C32H31N3O4S. The number of rotatable bonds is 9. The van der Waals surface area contributed by atoms with Gasteiger partial charge in [-0.05, 0) is 42.3 Å². The minimum atomic E-state index is -1.18. The van der Waals surface area contributed by atoms with E-state index in [-0.39, 0.29) is 12.5 Å². The highest BCUT2D eigenvalue weighted by Crippen LogP contribution is 2.46. The average Bonchev–Trinajstić information content (AvgIpc) is 3.55. The van der Waals surface area contributed by atoms with Crippen molar-refractivity contribution in [2.24, 2.45) is 4.99 Å². The lowest BCUT2D eigenvalue weighted by atomic mass is 9.81. The number of aliphatic hydroxyl groups is 1. The Kier molecular flexibility index (Phi) is 7.36. The number of ether oxygens (including phenoxy) is 2. The van der Waals surface area contributed by atoms with Crippen LogP contribution < -0.4 is 4.74 Å².